The second-order valence-electron chi connectivity index (χ2n) is 7.25. The van der Waals surface area contributed by atoms with Gasteiger partial charge in [0.2, 0.25) is 5.91 Å². The van der Waals surface area contributed by atoms with E-state index in [-0.39, 0.29) is 17.5 Å². The summed E-state index contributed by atoms with van der Waals surface area (Å²) in [4.78, 5) is 40.0. The molecule has 0 saturated carbocycles. The van der Waals surface area contributed by atoms with Gasteiger partial charge in [-0.2, -0.15) is 0 Å². The Morgan fingerprint density at radius 1 is 1.28 bits per heavy atom. The number of hydrogen-bond acceptors (Lipinski definition) is 4. The minimum Gasteiger partial charge on any atom is -0.480 e. The zero-order chi connectivity index (χ0) is 18.6. The molecule has 2 aromatic rings. The van der Waals surface area contributed by atoms with Gasteiger partial charge in [-0.1, -0.05) is 32.9 Å². The smallest absolute Gasteiger partial charge is 0.326 e. The number of nitrogens with one attached hydrogen (secondary N) is 1. The number of hydrogen-bond donors (Lipinski definition) is 2. The Hall–Kier alpha value is -2.70. The molecule has 2 rings (SSSR count). The first kappa shape index (κ1) is 18.6. The summed E-state index contributed by atoms with van der Waals surface area (Å²) in [7, 11) is 0. The van der Waals surface area contributed by atoms with E-state index in [0.717, 1.165) is 0 Å². The predicted molar refractivity (Wildman–Crippen MR) is 94.3 cm³/mol. The van der Waals surface area contributed by atoms with Crippen LogP contribution >= 0.6 is 0 Å². The molecule has 25 heavy (non-hydrogen) atoms. The molecule has 0 radical (unpaired) electrons. The summed E-state index contributed by atoms with van der Waals surface area (Å²) in [6, 6.07) is 5.88. The Kier molecular flexibility index (Phi) is 5.56. The summed E-state index contributed by atoms with van der Waals surface area (Å²) < 4.78 is 1.18. The SMILES string of the molecule is CC(C)(C)CCC(NC(=O)Cn1cnc2ccccc2c1=O)C(=O)O. The van der Waals surface area contributed by atoms with Crippen LogP contribution in [0.2, 0.25) is 0 Å². The van der Waals surface area contributed by atoms with Gasteiger partial charge in [0.25, 0.3) is 5.56 Å². The molecule has 0 bridgehead atoms. The lowest BCUT2D eigenvalue weighted by atomic mass is 9.88. The van der Waals surface area contributed by atoms with E-state index in [2.05, 4.69) is 10.3 Å². The first-order valence-electron chi connectivity index (χ1n) is 8.14. The lowest BCUT2D eigenvalue weighted by Crippen LogP contribution is -2.43. The van der Waals surface area contributed by atoms with E-state index < -0.39 is 17.9 Å². The summed E-state index contributed by atoms with van der Waals surface area (Å²) in [6.07, 6.45) is 2.28. The fourth-order valence-corrected chi connectivity index (χ4v) is 2.45. The van der Waals surface area contributed by atoms with Crippen LogP contribution < -0.4 is 10.9 Å². The third kappa shape index (κ3) is 5.14. The number of fused-ring (bicyclic) bond motifs is 1. The lowest BCUT2D eigenvalue weighted by molar-refractivity contribution is -0.142. The zero-order valence-corrected chi connectivity index (χ0v) is 14.7. The number of carboxylic acid groups (broad SMARTS) is 1. The average Bonchev–Trinajstić information content (AvgIpc) is 2.53. The first-order chi connectivity index (χ1) is 11.7. The second-order valence-corrected chi connectivity index (χ2v) is 7.25. The third-order valence-electron chi connectivity index (χ3n) is 3.86. The van der Waals surface area contributed by atoms with Gasteiger partial charge in [-0.25, -0.2) is 9.78 Å². The fraction of sp³-hybridized carbons (Fsp3) is 0.444. The third-order valence-corrected chi connectivity index (χ3v) is 3.86. The van der Waals surface area contributed by atoms with Crippen LogP contribution in [-0.4, -0.2) is 32.6 Å². The average molecular weight is 345 g/mol. The maximum Gasteiger partial charge on any atom is 0.326 e. The number of para-hydroxylation sites is 1. The maximum absolute atomic E-state index is 12.4. The van der Waals surface area contributed by atoms with Crippen molar-refractivity contribution in [3.8, 4) is 0 Å². The monoisotopic (exact) mass is 345 g/mol. The van der Waals surface area contributed by atoms with Gasteiger partial charge in [-0.05, 0) is 30.4 Å². The Balaban J connectivity index is 2.09. The van der Waals surface area contributed by atoms with Crippen LogP contribution in [0.5, 0.6) is 0 Å². The molecule has 0 saturated heterocycles. The molecule has 7 nitrogen and oxygen atoms in total. The molecule has 134 valence electrons. The normalized spacial score (nSPS) is 12.8. The zero-order valence-electron chi connectivity index (χ0n) is 14.7. The van der Waals surface area contributed by atoms with Crippen molar-refractivity contribution in [1.29, 1.82) is 0 Å². The maximum atomic E-state index is 12.4. The molecule has 1 aromatic heterocycles. The Morgan fingerprint density at radius 3 is 2.60 bits per heavy atom. The van der Waals surface area contributed by atoms with Crippen molar-refractivity contribution < 1.29 is 14.7 Å². The van der Waals surface area contributed by atoms with E-state index >= 15 is 0 Å². The number of aliphatic carboxylic acids is 1. The van der Waals surface area contributed by atoms with Crippen LogP contribution in [0, 0.1) is 5.41 Å². The summed E-state index contributed by atoms with van der Waals surface area (Å²) >= 11 is 0. The van der Waals surface area contributed by atoms with Crippen LogP contribution in [0.1, 0.15) is 33.6 Å². The quantitative estimate of drug-likeness (QED) is 0.831. The van der Waals surface area contributed by atoms with E-state index in [1.54, 1.807) is 24.3 Å². The minimum absolute atomic E-state index is 0.0301. The highest BCUT2D eigenvalue weighted by Gasteiger charge is 2.23. The van der Waals surface area contributed by atoms with Crippen LogP contribution in [0.25, 0.3) is 10.9 Å². The topological polar surface area (TPSA) is 101 Å². The van der Waals surface area contributed by atoms with Crippen LogP contribution in [0.4, 0.5) is 0 Å². The van der Waals surface area contributed by atoms with E-state index in [1.807, 2.05) is 20.8 Å². The molecule has 0 fully saturated rings. The highest BCUT2D eigenvalue weighted by Crippen LogP contribution is 2.21. The summed E-state index contributed by atoms with van der Waals surface area (Å²) in [5.41, 5.74) is 0.192. The number of amides is 1. The standard InChI is InChI=1S/C18H23N3O4/c1-18(2,3)9-8-14(17(24)25)20-15(22)10-21-11-19-13-7-5-4-6-12(13)16(21)23/h4-7,11,14H,8-10H2,1-3H3,(H,20,22)(H,24,25). The van der Waals surface area contributed by atoms with Gasteiger partial charge in [0.15, 0.2) is 0 Å². The number of carbonyl (C=O) groups excluding carboxylic acids is 1. The van der Waals surface area contributed by atoms with Crippen molar-refractivity contribution in [1.82, 2.24) is 14.9 Å². The fourth-order valence-electron chi connectivity index (χ4n) is 2.45. The highest BCUT2D eigenvalue weighted by atomic mass is 16.4. The lowest BCUT2D eigenvalue weighted by Gasteiger charge is -2.21. The number of rotatable bonds is 6. The Bertz CT molecular complexity index is 836. The number of nitrogens with zero attached hydrogens (tertiary/aromatic N) is 2. The van der Waals surface area contributed by atoms with E-state index in [9.17, 15) is 19.5 Å². The number of aromatic nitrogens is 2. The van der Waals surface area contributed by atoms with Crippen LogP contribution in [-0.2, 0) is 16.1 Å². The van der Waals surface area contributed by atoms with Crippen molar-refractivity contribution in [2.24, 2.45) is 5.41 Å². The molecule has 1 atom stereocenters. The van der Waals surface area contributed by atoms with Crippen molar-refractivity contribution in [2.75, 3.05) is 0 Å². The molecule has 2 N–H and O–H groups in total. The summed E-state index contributed by atoms with van der Waals surface area (Å²) in [6.45, 7) is 5.76. The first-order valence-corrected chi connectivity index (χ1v) is 8.14. The molecule has 1 aromatic carbocycles. The van der Waals surface area contributed by atoms with Crippen molar-refractivity contribution in [3.63, 3.8) is 0 Å². The van der Waals surface area contributed by atoms with Gasteiger partial charge >= 0.3 is 5.97 Å². The Labute approximate surface area is 145 Å². The molecule has 0 spiro atoms. The van der Waals surface area contributed by atoms with Crippen molar-refractivity contribution >= 4 is 22.8 Å². The van der Waals surface area contributed by atoms with E-state index in [1.165, 1.54) is 10.9 Å². The van der Waals surface area contributed by atoms with Gasteiger partial charge in [0, 0.05) is 0 Å². The molecule has 1 heterocycles. The second kappa shape index (κ2) is 7.46. The Morgan fingerprint density at radius 2 is 1.96 bits per heavy atom. The van der Waals surface area contributed by atoms with E-state index in [4.69, 9.17) is 0 Å². The van der Waals surface area contributed by atoms with Gasteiger partial charge in [0.05, 0.1) is 17.2 Å². The predicted octanol–water partition coefficient (Wildman–Crippen LogP) is 1.79. The number of carboxylic acids is 1. The van der Waals surface area contributed by atoms with Gasteiger partial charge in [-0.15, -0.1) is 0 Å². The van der Waals surface area contributed by atoms with Crippen LogP contribution in [0.3, 0.4) is 0 Å². The molecule has 0 aliphatic carbocycles. The van der Waals surface area contributed by atoms with Crippen molar-refractivity contribution in [3.05, 3.63) is 40.9 Å². The molecule has 0 aliphatic rings. The number of carbonyl (C=O) groups is 2. The molecular weight excluding hydrogens is 322 g/mol. The van der Waals surface area contributed by atoms with Gasteiger partial charge in [-0.3, -0.25) is 14.2 Å². The summed E-state index contributed by atoms with van der Waals surface area (Å²) in [5, 5.41) is 12.2. The van der Waals surface area contributed by atoms with E-state index in [0.29, 0.717) is 23.7 Å². The molecule has 1 amide bonds. The van der Waals surface area contributed by atoms with Crippen molar-refractivity contribution in [2.45, 2.75) is 46.2 Å². The van der Waals surface area contributed by atoms with Crippen LogP contribution in [0.15, 0.2) is 35.4 Å². The summed E-state index contributed by atoms with van der Waals surface area (Å²) in [5.74, 6) is -1.61. The molecule has 7 heteroatoms. The van der Waals surface area contributed by atoms with Gasteiger partial charge < -0.3 is 10.4 Å². The molecule has 0 aliphatic heterocycles. The van der Waals surface area contributed by atoms with Gasteiger partial charge in [0.1, 0.15) is 12.6 Å². The highest BCUT2D eigenvalue weighted by molar-refractivity contribution is 5.83. The number of benzene rings is 1. The molecule has 1 unspecified atom stereocenters. The largest absolute Gasteiger partial charge is 0.480 e. The molecular formula is C18H23N3O4. The minimum atomic E-state index is -1.08.